The van der Waals surface area contributed by atoms with Crippen molar-refractivity contribution in [3.05, 3.63) is 65.7 Å². The van der Waals surface area contributed by atoms with Crippen molar-refractivity contribution in [3.63, 3.8) is 0 Å². The maximum absolute atomic E-state index is 14.0. The monoisotopic (exact) mass is 668 g/mol. The van der Waals surface area contributed by atoms with Crippen LogP contribution in [0.5, 0.6) is 23.0 Å². The molecule has 4 rings (SSSR count). The van der Waals surface area contributed by atoms with Gasteiger partial charge in [-0.1, -0.05) is 38.0 Å². The van der Waals surface area contributed by atoms with E-state index in [2.05, 4.69) is 10.1 Å². The molecule has 4 aromatic rings. The first-order valence-electron chi connectivity index (χ1n) is 14.9. The van der Waals surface area contributed by atoms with Crippen molar-refractivity contribution in [1.82, 2.24) is 9.29 Å². The summed E-state index contributed by atoms with van der Waals surface area (Å²) in [5, 5.41) is 6.06. The smallest absolute Gasteiger partial charge is 0.280 e. The molecule has 0 spiro atoms. The summed E-state index contributed by atoms with van der Waals surface area (Å²) in [4.78, 5) is 18.8. The Bertz CT molecular complexity index is 1740. The summed E-state index contributed by atoms with van der Waals surface area (Å²) in [7, 11) is 2.40. The lowest BCUT2D eigenvalue weighted by atomic mass is 10.2. The first-order valence-corrected chi connectivity index (χ1v) is 17.2. The van der Waals surface area contributed by atoms with E-state index in [9.17, 15) is 13.2 Å². The number of unbranched alkanes of at least 4 members (excludes halogenated alkanes) is 2. The second-order valence-electron chi connectivity index (χ2n) is 10.3. The lowest BCUT2D eigenvalue weighted by molar-refractivity contribution is 0.0987. The van der Waals surface area contributed by atoms with E-state index in [1.165, 1.54) is 72.5 Å². The molecule has 0 N–H and O–H groups in total. The molecular formula is C33H40N4O7S2. The fourth-order valence-corrected chi connectivity index (χ4v) is 7.13. The first-order chi connectivity index (χ1) is 22.2. The Morgan fingerprint density at radius 2 is 1.50 bits per heavy atom. The molecule has 1 aromatic heterocycles. The molecule has 0 bridgehead atoms. The molecule has 0 atom stereocenters. The molecule has 46 heavy (non-hydrogen) atoms. The summed E-state index contributed by atoms with van der Waals surface area (Å²) in [5.74, 6) is 1.44. The van der Waals surface area contributed by atoms with Crippen LogP contribution in [0.4, 0.5) is 5.13 Å². The number of fused-ring (bicyclic) bond motifs is 1. The lowest BCUT2D eigenvalue weighted by Gasteiger charge is -2.22. The Labute approximate surface area is 274 Å². The van der Waals surface area contributed by atoms with Crippen LogP contribution in [0.1, 0.15) is 55.5 Å². The van der Waals surface area contributed by atoms with Gasteiger partial charge in [-0.25, -0.2) is 13.4 Å². The molecule has 11 nitrogen and oxygen atoms in total. The molecule has 0 fully saturated rings. The van der Waals surface area contributed by atoms with Crippen molar-refractivity contribution >= 4 is 48.8 Å². The average Bonchev–Trinajstić information content (AvgIpc) is 3.50. The fourth-order valence-electron chi connectivity index (χ4n) is 4.66. The van der Waals surface area contributed by atoms with Crippen molar-refractivity contribution in [2.45, 2.75) is 44.4 Å². The van der Waals surface area contributed by atoms with Crippen LogP contribution in [0, 0.1) is 0 Å². The van der Waals surface area contributed by atoms with Gasteiger partial charge < -0.3 is 18.9 Å². The highest BCUT2D eigenvalue weighted by Crippen LogP contribution is 2.38. The van der Waals surface area contributed by atoms with E-state index in [0.29, 0.717) is 52.3 Å². The number of benzene rings is 3. The van der Waals surface area contributed by atoms with Crippen LogP contribution < -0.4 is 24.0 Å². The summed E-state index contributed by atoms with van der Waals surface area (Å²) in [5.41, 5.74) is 1.49. The normalized spacial score (nSPS) is 11.7. The molecule has 0 aliphatic carbocycles. The number of carbonyl (C=O) groups excluding carboxylic acids is 1. The third kappa shape index (κ3) is 7.77. The number of rotatable bonds is 16. The van der Waals surface area contributed by atoms with Crippen LogP contribution in [0.15, 0.2) is 64.6 Å². The predicted octanol–water partition coefficient (Wildman–Crippen LogP) is 6.60. The van der Waals surface area contributed by atoms with Gasteiger partial charge in [-0.3, -0.25) is 4.79 Å². The van der Waals surface area contributed by atoms with E-state index in [1.807, 2.05) is 26.0 Å². The minimum Gasteiger partial charge on any atom is -0.497 e. The van der Waals surface area contributed by atoms with Gasteiger partial charge in [0, 0.05) is 24.2 Å². The Morgan fingerprint density at radius 3 is 2.04 bits per heavy atom. The zero-order chi connectivity index (χ0) is 33.3. The van der Waals surface area contributed by atoms with Crippen LogP contribution in [0.3, 0.4) is 0 Å². The summed E-state index contributed by atoms with van der Waals surface area (Å²) in [6.45, 7) is 4.96. The number of aromatic nitrogens is 1. The maximum atomic E-state index is 14.0. The van der Waals surface area contributed by atoms with Gasteiger partial charge in [0.1, 0.15) is 5.75 Å². The highest BCUT2D eigenvalue weighted by Gasteiger charge is 2.26. The molecule has 3 aromatic carbocycles. The van der Waals surface area contributed by atoms with Gasteiger partial charge in [-0.05, 0) is 67.4 Å². The minimum absolute atomic E-state index is 0.135. The Morgan fingerprint density at radius 1 is 0.870 bits per heavy atom. The van der Waals surface area contributed by atoms with Gasteiger partial charge >= 0.3 is 0 Å². The van der Waals surface area contributed by atoms with Gasteiger partial charge in [-0.2, -0.15) is 14.4 Å². The van der Waals surface area contributed by atoms with Crippen molar-refractivity contribution in [3.8, 4) is 23.0 Å². The summed E-state index contributed by atoms with van der Waals surface area (Å²) >= 11 is 1.27. The molecule has 13 heteroatoms. The number of ether oxygens (including phenoxy) is 4. The highest BCUT2D eigenvalue weighted by atomic mass is 32.2. The zero-order valence-electron chi connectivity index (χ0n) is 27.0. The molecule has 246 valence electrons. The number of sulfonamides is 1. The van der Waals surface area contributed by atoms with Gasteiger partial charge in [0.05, 0.1) is 49.8 Å². The third-order valence-electron chi connectivity index (χ3n) is 7.23. The van der Waals surface area contributed by atoms with Crippen molar-refractivity contribution in [2.75, 3.05) is 46.5 Å². The van der Waals surface area contributed by atoms with Crippen LogP contribution in [0.2, 0.25) is 0 Å². The number of carbonyl (C=O) groups is 1. The zero-order valence-corrected chi connectivity index (χ0v) is 28.6. The number of amides is 1. The molecule has 0 saturated heterocycles. The number of hydrogen-bond donors (Lipinski definition) is 0. The number of anilines is 1. The van der Waals surface area contributed by atoms with E-state index in [1.54, 1.807) is 25.3 Å². The van der Waals surface area contributed by atoms with Crippen LogP contribution in [0.25, 0.3) is 10.2 Å². The average molecular weight is 669 g/mol. The summed E-state index contributed by atoms with van der Waals surface area (Å²) < 4.78 is 51.0. The molecule has 0 saturated carbocycles. The minimum atomic E-state index is -3.73. The van der Waals surface area contributed by atoms with Gasteiger partial charge in [0.25, 0.3) is 5.91 Å². The summed E-state index contributed by atoms with van der Waals surface area (Å²) in [6.07, 6.45) is 4.80. The van der Waals surface area contributed by atoms with Crippen LogP contribution in [-0.2, 0) is 10.0 Å². The molecule has 0 aliphatic rings. The maximum Gasteiger partial charge on any atom is 0.280 e. The van der Waals surface area contributed by atoms with Crippen molar-refractivity contribution in [2.24, 2.45) is 5.10 Å². The van der Waals surface area contributed by atoms with E-state index in [-0.39, 0.29) is 10.5 Å². The molecule has 1 amide bonds. The Balaban J connectivity index is 1.73. The van der Waals surface area contributed by atoms with E-state index in [4.69, 9.17) is 18.9 Å². The van der Waals surface area contributed by atoms with Gasteiger partial charge in [-0.15, -0.1) is 0 Å². The second-order valence-corrected chi connectivity index (χ2v) is 13.2. The molecule has 1 heterocycles. The molecular weight excluding hydrogens is 629 g/mol. The molecule has 0 radical (unpaired) electrons. The lowest BCUT2D eigenvalue weighted by Crippen LogP contribution is -2.33. The standard InChI is InChI=1S/C33H40N4O7S2/c1-7-9-17-36(18-10-8-2)46(39,40)26-14-11-24(12-15-26)32(38)37(33-35-27-16-13-25(41-3)21-30(27)45-33)34-22-23-19-28(42-4)31(44-6)29(20-23)43-5/h11-16,19-22H,7-10,17-18H2,1-6H3/b34-22+. The highest BCUT2D eigenvalue weighted by molar-refractivity contribution is 7.89. The Kier molecular flexibility index (Phi) is 12.0. The van der Waals surface area contributed by atoms with E-state index in [0.717, 1.165) is 30.4 Å². The number of thiazole rings is 1. The molecule has 0 unspecified atom stereocenters. The van der Waals surface area contributed by atoms with Gasteiger partial charge in [0.15, 0.2) is 11.5 Å². The van der Waals surface area contributed by atoms with Crippen LogP contribution >= 0.6 is 11.3 Å². The van der Waals surface area contributed by atoms with E-state index >= 15 is 0 Å². The largest absolute Gasteiger partial charge is 0.497 e. The van der Waals surface area contributed by atoms with Crippen molar-refractivity contribution < 1.29 is 32.2 Å². The first kappa shape index (κ1) is 34.7. The second kappa shape index (κ2) is 15.9. The molecule has 0 aliphatic heterocycles. The Hall–Kier alpha value is -4.20. The SMILES string of the molecule is CCCCN(CCCC)S(=O)(=O)c1ccc(C(=O)N(/N=C/c2cc(OC)c(OC)c(OC)c2)c2nc3ccc(OC)cc3s2)cc1. The number of hydrazone groups is 1. The quantitative estimate of drug-likeness (QED) is 0.0968. The van der Waals surface area contributed by atoms with Crippen molar-refractivity contribution in [1.29, 1.82) is 0 Å². The number of methoxy groups -OCH3 is 4. The van der Waals surface area contributed by atoms with Crippen LogP contribution in [-0.4, -0.2) is 71.4 Å². The topological polar surface area (TPSA) is 120 Å². The summed E-state index contributed by atoms with van der Waals surface area (Å²) in [6, 6.07) is 14.8. The fraction of sp³-hybridized carbons (Fsp3) is 0.364. The predicted molar refractivity (Wildman–Crippen MR) is 182 cm³/mol. The number of hydrogen-bond acceptors (Lipinski definition) is 10. The van der Waals surface area contributed by atoms with Gasteiger partial charge in [0.2, 0.25) is 20.9 Å². The number of nitrogens with zero attached hydrogens (tertiary/aromatic N) is 4. The third-order valence-corrected chi connectivity index (χ3v) is 10.1. The van der Waals surface area contributed by atoms with E-state index < -0.39 is 15.9 Å².